The fourth-order valence-electron chi connectivity index (χ4n) is 3.85. The lowest BCUT2D eigenvalue weighted by Crippen LogP contribution is -2.45. The van der Waals surface area contributed by atoms with E-state index in [-0.39, 0.29) is 5.41 Å². The summed E-state index contributed by atoms with van der Waals surface area (Å²) in [5.74, 6) is 0.830. The minimum Gasteiger partial charge on any atom is -0.384 e. The number of nitrogens with two attached hydrogens (primary N) is 1. The Hall–Kier alpha value is -0.610. The maximum Gasteiger partial charge on any atom is 0.223 e. The van der Waals surface area contributed by atoms with E-state index in [1.54, 1.807) is 7.11 Å². The molecule has 1 heterocycles. The van der Waals surface area contributed by atoms with Crippen molar-refractivity contribution in [3.63, 3.8) is 0 Å². The SMILES string of the molecule is COCC1CCCN(C(=O)CC2(CN)CCCCC2)C1. The van der Waals surface area contributed by atoms with Gasteiger partial charge in [0.25, 0.3) is 0 Å². The zero-order valence-corrected chi connectivity index (χ0v) is 12.9. The molecule has 20 heavy (non-hydrogen) atoms. The third-order valence-corrected chi connectivity index (χ3v) is 5.15. The summed E-state index contributed by atoms with van der Waals surface area (Å²) in [7, 11) is 1.74. The van der Waals surface area contributed by atoms with Gasteiger partial charge in [-0.25, -0.2) is 0 Å². The van der Waals surface area contributed by atoms with Crippen LogP contribution >= 0.6 is 0 Å². The quantitative estimate of drug-likeness (QED) is 0.841. The van der Waals surface area contributed by atoms with Crippen LogP contribution in [0.1, 0.15) is 51.4 Å². The number of hydrogen-bond donors (Lipinski definition) is 1. The van der Waals surface area contributed by atoms with Gasteiger partial charge in [-0.3, -0.25) is 4.79 Å². The first-order chi connectivity index (χ1) is 9.69. The molecule has 1 atom stereocenters. The van der Waals surface area contributed by atoms with Crippen molar-refractivity contribution in [2.45, 2.75) is 51.4 Å². The molecule has 4 heteroatoms. The third kappa shape index (κ3) is 3.95. The summed E-state index contributed by atoms with van der Waals surface area (Å²) in [5, 5.41) is 0. The molecule has 0 aromatic rings. The number of amides is 1. The molecule has 1 amide bonds. The van der Waals surface area contributed by atoms with Gasteiger partial charge in [-0.15, -0.1) is 0 Å². The van der Waals surface area contributed by atoms with Crippen LogP contribution in [0.25, 0.3) is 0 Å². The Balaban J connectivity index is 1.89. The van der Waals surface area contributed by atoms with Gasteiger partial charge in [-0.2, -0.15) is 0 Å². The Kier molecular flexibility index (Phi) is 5.85. The normalized spacial score (nSPS) is 26.5. The fraction of sp³-hybridized carbons (Fsp3) is 0.938. The summed E-state index contributed by atoms with van der Waals surface area (Å²) in [6.07, 6.45) is 8.97. The van der Waals surface area contributed by atoms with Crippen molar-refractivity contribution in [1.82, 2.24) is 4.90 Å². The number of carbonyl (C=O) groups is 1. The first kappa shape index (κ1) is 15.8. The van der Waals surface area contributed by atoms with Gasteiger partial charge >= 0.3 is 0 Å². The second-order valence-electron chi connectivity index (χ2n) is 6.74. The molecular weight excluding hydrogens is 252 g/mol. The van der Waals surface area contributed by atoms with Crippen molar-refractivity contribution in [3.8, 4) is 0 Å². The summed E-state index contributed by atoms with van der Waals surface area (Å²) in [5.41, 5.74) is 6.09. The maximum absolute atomic E-state index is 12.6. The third-order valence-electron chi connectivity index (χ3n) is 5.15. The summed E-state index contributed by atoms with van der Waals surface area (Å²) in [6.45, 7) is 3.22. The van der Waals surface area contributed by atoms with Crippen LogP contribution in [0, 0.1) is 11.3 Å². The van der Waals surface area contributed by atoms with E-state index in [1.165, 1.54) is 25.7 Å². The lowest BCUT2D eigenvalue weighted by Gasteiger charge is -2.39. The number of likely N-dealkylation sites (tertiary alicyclic amines) is 1. The van der Waals surface area contributed by atoms with Crippen molar-refractivity contribution >= 4 is 5.91 Å². The number of piperidine rings is 1. The lowest BCUT2D eigenvalue weighted by atomic mass is 9.71. The summed E-state index contributed by atoms with van der Waals surface area (Å²) >= 11 is 0. The van der Waals surface area contributed by atoms with Gasteiger partial charge in [-0.1, -0.05) is 19.3 Å². The number of nitrogens with zero attached hydrogens (tertiary/aromatic N) is 1. The van der Waals surface area contributed by atoms with Crippen LogP contribution in [-0.2, 0) is 9.53 Å². The lowest BCUT2D eigenvalue weighted by molar-refractivity contribution is -0.136. The van der Waals surface area contributed by atoms with Gasteiger partial charge < -0.3 is 15.4 Å². The van der Waals surface area contributed by atoms with Crippen LogP contribution in [0.3, 0.4) is 0 Å². The van der Waals surface area contributed by atoms with Crippen LogP contribution < -0.4 is 5.73 Å². The number of ether oxygens (including phenoxy) is 1. The molecule has 1 aliphatic carbocycles. The Labute approximate surface area is 123 Å². The van der Waals surface area contributed by atoms with Crippen LogP contribution in [0.15, 0.2) is 0 Å². The van der Waals surface area contributed by atoms with E-state index in [2.05, 4.69) is 4.90 Å². The molecule has 0 bridgehead atoms. The number of carbonyl (C=O) groups excluding carboxylic acids is 1. The average molecular weight is 282 g/mol. The largest absolute Gasteiger partial charge is 0.384 e. The molecule has 2 fully saturated rings. The van der Waals surface area contributed by atoms with Crippen LogP contribution in [0.2, 0.25) is 0 Å². The predicted molar refractivity (Wildman–Crippen MR) is 80.4 cm³/mol. The summed E-state index contributed by atoms with van der Waals surface area (Å²) in [4.78, 5) is 14.7. The molecular formula is C16H30N2O2. The van der Waals surface area contributed by atoms with E-state index in [4.69, 9.17) is 10.5 Å². The van der Waals surface area contributed by atoms with Crippen molar-refractivity contribution < 1.29 is 9.53 Å². The van der Waals surface area contributed by atoms with Gasteiger partial charge in [-0.05, 0) is 43.6 Å². The molecule has 2 N–H and O–H groups in total. The number of rotatable bonds is 5. The van der Waals surface area contributed by atoms with Gasteiger partial charge in [0.1, 0.15) is 0 Å². The molecule has 1 saturated carbocycles. The monoisotopic (exact) mass is 282 g/mol. The zero-order valence-electron chi connectivity index (χ0n) is 12.9. The molecule has 0 spiro atoms. The molecule has 1 unspecified atom stereocenters. The standard InChI is InChI=1S/C16H30N2O2/c1-20-12-14-6-5-9-18(11-14)15(19)10-16(13-17)7-3-2-4-8-16/h14H,2-13,17H2,1H3. The molecule has 2 rings (SSSR count). The molecule has 0 aromatic heterocycles. The number of methoxy groups -OCH3 is 1. The van der Waals surface area contributed by atoms with Crippen molar-refractivity contribution in [2.75, 3.05) is 33.4 Å². The highest BCUT2D eigenvalue weighted by Crippen LogP contribution is 2.39. The molecule has 2 aliphatic rings. The molecule has 4 nitrogen and oxygen atoms in total. The van der Waals surface area contributed by atoms with E-state index < -0.39 is 0 Å². The first-order valence-corrected chi connectivity index (χ1v) is 8.16. The zero-order chi connectivity index (χ0) is 14.4. The molecule has 0 radical (unpaired) electrons. The van der Waals surface area contributed by atoms with Crippen molar-refractivity contribution in [3.05, 3.63) is 0 Å². The minimum atomic E-state index is 0.0868. The Morgan fingerprint density at radius 2 is 2.05 bits per heavy atom. The fourth-order valence-corrected chi connectivity index (χ4v) is 3.85. The van der Waals surface area contributed by atoms with Gasteiger partial charge in [0, 0.05) is 26.6 Å². The second kappa shape index (κ2) is 7.41. The average Bonchev–Trinajstić information content (AvgIpc) is 2.49. The van der Waals surface area contributed by atoms with E-state index in [0.29, 0.717) is 24.8 Å². The Bertz CT molecular complexity index is 312. The molecule has 116 valence electrons. The summed E-state index contributed by atoms with van der Waals surface area (Å²) in [6, 6.07) is 0. The molecule has 1 aliphatic heterocycles. The second-order valence-corrected chi connectivity index (χ2v) is 6.74. The highest BCUT2D eigenvalue weighted by atomic mass is 16.5. The highest BCUT2D eigenvalue weighted by molar-refractivity contribution is 5.77. The topological polar surface area (TPSA) is 55.6 Å². The van der Waals surface area contributed by atoms with E-state index in [9.17, 15) is 4.79 Å². The smallest absolute Gasteiger partial charge is 0.223 e. The van der Waals surface area contributed by atoms with E-state index >= 15 is 0 Å². The van der Waals surface area contributed by atoms with Gasteiger partial charge in [0.05, 0.1) is 6.61 Å². The molecule has 1 saturated heterocycles. The maximum atomic E-state index is 12.6. The minimum absolute atomic E-state index is 0.0868. The van der Waals surface area contributed by atoms with Crippen LogP contribution in [-0.4, -0.2) is 44.2 Å². The van der Waals surface area contributed by atoms with Gasteiger partial charge in [0.15, 0.2) is 0 Å². The highest BCUT2D eigenvalue weighted by Gasteiger charge is 2.35. The van der Waals surface area contributed by atoms with Crippen LogP contribution in [0.5, 0.6) is 0 Å². The van der Waals surface area contributed by atoms with E-state index in [1.807, 2.05) is 0 Å². The van der Waals surface area contributed by atoms with E-state index in [0.717, 1.165) is 39.0 Å². The van der Waals surface area contributed by atoms with Crippen LogP contribution in [0.4, 0.5) is 0 Å². The first-order valence-electron chi connectivity index (χ1n) is 8.16. The molecule has 0 aromatic carbocycles. The summed E-state index contributed by atoms with van der Waals surface area (Å²) < 4.78 is 5.24. The predicted octanol–water partition coefficient (Wildman–Crippen LogP) is 2.17. The van der Waals surface area contributed by atoms with Crippen molar-refractivity contribution in [1.29, 1.82) is 0 Å². The van der Waals surface area contributed by atoms with Crippen molar-refractivity contribution in [2.24, 2.45) is 17.1 Å². The number of hydrogen-bond acceptors (Lipinski definition) is 3. The van der Waals surface area contributed by atoms with Gasteiger partial charge in [0.2, 0.25) is 5.91 Å². The Morgan fingerprint density at radius 1 is 1.30 bits per heavy atom. The Morgan fingerprint density at radius 3 is 2.70 bits per heavy atom.